The molecule has 3 aromatic carbocycles. The molecule has 0 fully saturated rings. The summed E-state index contributed by atoms with van der Waals surface area (Å²) in [5, 5.41) is 10.8. The Kier molecular flexibility index (Phi) is 5.21. The van der Waals surface area contributed by atoms with Crippen LogP contribution in [-0.2, 0) is 13.0 Å². The van der Waals surface area contributed by atoms with Crippen LogP contribution < -0.4 is 10.2 Å². The SMILES string of the molecule is O=C(Nc1ccc(C(=O)N2CCc3ccccc32)cc1)c1cn(Cc2ccccc2)nn1. The van der Waals surface area contributed by atoms with Gasteiger partial charge in [0.25, 0.3) is 11.8 Å². The zero-order chi connectivity index (χ0) is 21.9. The van der Waals surface area contributed by atoms with Crippen LogP contribution in [0.25, 0.3) is 0 Å². The number of fused-ring (bicyclic) bond motifs is 1. The molecule has 1 N–H and O–H groups in total. The fourth-order valence-corrected chi connectivity index (χ4v) is 3.85. The second-order valence-electron chi connectivity index (χ2n) is 7.65. The number of rotatable bonds is 5. The van der Waals surface area contributed by atoms with Crippen molar-refractivity contribution in [1.82, 2.24) is 15.0 Å². The van der Waals surface area contributed by atoms with E-state index in [1.54, 1.807) is 40.0 Å². The number of nitrogens with one attached hydrogen (secondary N) is 1. The van der Waals surface area contributed by atoms with Gasteiger partial charge in [0.2, 0.25) is 0 Å². The lowest BCUT2D eigenvalue weighted by molar-refractivity contribution is 0.0988. The van der Waals surface area contributed by atoms with E-state index in [2.05, 4.69) is 21.7 Å². The Balaban J connectivity index is 1.23. The van der Waals surface area contributed by atoms with Crippen LogP contribution in [0.5, 0.6) is 0 Å². The minimum absolute atomic E-state index is 0.0447. The van der Waals surface area contributed by atoms with Crippen molar-refractivity contribution in [3.63, 3.8) is 0 Å². The zero-order valence-electron chi connectivity index (χ0n) is 17.3. The number of aromatic nitrogens is 3. The summed E-state index contributed by atoms with van der Waals surface area (Å²) in [5.74, 6) is -0.395. The van der Waals surface area contributed by atoms with Gasteiger partial charge in [0, 0.05) is 23.5 Å². The van der Waals surface area contributed by atoms with Gasteiger partial charge in [-0.3, -0.25) is 9.59 Å². The molecule has 7 nitrogen and oxygen atoms in total. The third-order valence-electron chi connectivity index (χ3n) is 5.48. The predicted molar refractivity (Wildman–Crippen MR) is 122 cm³/mol. The minimum atomic E-state index is -0.350. The number of para-hydroxylation sites is 1. The lowest BCUT2D eigenvalue weighted by Crippen LogP contribution is -2.28. The van der Waals surface area contributed by atoms with Gasteiger partial charge < -0.3 is 10.2 Å². The van der Waals surface area contributed by atoms with Crippen molar-refractivity contribution in [1.29, 1.82) is 0 Å². The molecular formula is C25H21N5O2. The third-order valence-corrected chi connectivity index (χ3v) is 5.48. The third kappa shape index (κ3) is 4.00. The Bertz CT molecular complexity index is 1270. The van der Waals surface area contributed by atoms with E-state index in [0.29, 0.717) is 24.3 Å². The van der Waals surface area contributed by atoms with Gasteiger partial charge in [-0.25, -0.2) is 4.68 Å². The molecule has 7 heteroatoms. The number of carbonyl (C=O) groups is 2. The van der Waals surface area contributed by atoms with Crippen molar-refractivity contribution in [3.8, 4) is 0 Å². The molecule has 1 aliphatic heterocycles. The molecule has 1 aliphatic rings. The second kappa shape index (κ2) is 8.47. The van der Waals surface area contributed by atoms with Crippen molar-refractivity contribution in [2.45, 2.75) is 13.0 Å². The summed E-state index contributed by atoms with van der Waals surface area (Å²) < 4.78 is 1.62. The summed E-state index contributed by atoms with van der Waals surface area (Å²) in [5.41, 5.74) is 4.62. The lowest BCUT2D eigenvalue weighted by Gasteiger charge is -2.17. The average Bonchev–Trinajstić information content (AvgIpc) is 3.47. The molecular weight excluding hydrogens is 402 g/mol. The summed E-state index contributed by atoms with van der Waals surface area (Å²) in [6.07, 6.45) is 2.48. The van der Waals surface area contributed by atoms with Crippen LogP contribution in [0.2, 0.25) is 0 Å². The van der Waals surface area contributed by atoms with E-state index >= 15 is 0 Å². The first-order chi connectivity index (χ1) is 15.7. The van der Waals surface area contributed by atoms with Crippen LogP contribution in [-0.4, -0.2) is 33.4 Å². The molecule has 158 valence electrons. The Morgan fingerprint density at radius 1 is 0.906 bits per heavy atom. The molecule has 0 radical (unpaired) electrons. The van der Waals surface area contributed by atoms with Crippen molar-refractivity contribution >= 4 is 23.2 Å². The molecule has 0 bridgehead atoms. The normalized spacial score (nSPS) is 12.4. The zero-order valence-corrected chi connectivity index (χ0v) is 17.3. The number of amides is 2. The summed E-state index contributed by atoms with van der Waals surface area (Å²) in [6.45, 7) is 1.22. The first-order valence-electron chi connectivity index (χ1n) is 10.4. The summed E-state index contributed by atoms with van der Waals surface area (Å²) in [7, 11) is 0. The number of hydrogen-bond acceptors (Lipinski definition) is 4. The van der Waals surface area contributed by atoms with Crippen LogP contribution in [0, 0.1) is 0 Å². The van der Waals surface area contributed by atoms with Crippen LogP contribution in [0.3, 0.4) is 0 Å². The maximum absolute atomic E-state index is 12.9. The van der Waals surface area contributed by atoms with Crippen molar-refractivity contribution in [3.05, 3.63) is 107 Å². The molecule has 2 heterocycles. The van der Waals surface area contributed by atoms with E-state index in [4.69, 9.17) is 0 Å². The van der Waals surface area contributed by atoms with E-state index in [1.165, 1.54) is 5.56 Å². The van der Waals surface area contributed by atoms with Gasteiger partial charge in [0.15, 0.2) is 5.69 Å². The number of nitrogens with zero attached hydrogens (tertiary/aromatic N) is 4. The number of carbonyl (C=O) groups excluding carboxylic acids is 2. The second-order valence-corrected chi connectivity index (χ2v) is 7.65. The van der Waals surface area contributed by atoms with Gasteiger partial charge in [-0.05, 0) is 47.9 Å². The quantitative estimate of drug-likeness (QED) is 0.530. The van der Waals surface area contributed by atoms with Gasteiger partial charge >= 0.3 is 0 Å². The molecule has 0 saturated carbocycles. The smallest absolute Gasteiger partial charge is 0.277 e. The highest BCUT2D eigenvalue weighted by Crippen LogP contribution is 2.29. The van der Waals surface area contributed by atoms with E-state index in [-0.39, 0.29) is 17.5 Å². The number of anilines is 2. The van der Waals surface area contributed by atoms with Crippen LogP contribution in [0.4, 0.5) is 11.4 Å². The van der Waals surface area contributed by atoms with Crippen molar-refractivity contribution < 1.29 is 9.59 Å². The Morgan fingerprint density at radius 2 is 1.66 bits per heavy atom. The van der Waals surface area contributed by atoms with Crippen LogP contribution >= 0.6 is 0 Å². The maximum Gasteiger partial charge on any atom is 0.277 e. The molecule has 32 heavy (non-hydrogen) atoms. The van der Waals surface area contributed by atoms with E-state index in [0.717, 1.165) is 17.7 Å². The molecule has 0 atom stereocenters. The highest BCUT2D eigenvalue weighted by Gasteiger charge is 2.25. The van der Waals surface area contributed by atoms with Gasteiger partial charge in [-0.1, -0.05) is 53.7 Å². The van der Waals surface area contributed by atoms with Gasteiger partial charge in [0.1, 0.15) is 0 Å². The molecule has 1 aromatic heterocycles. The Hall–Kier alpha value is -4.26. The molecule has 4 aromatic rings. The van der Waals surface area contributed by atoms with Gasteiger partial charge in [0.05, 0.1) is 12.7 Å². The van der Waals surface area contributed by atoms with Crippen molar-refractivity contribution in [2.75, 3.05) is 16.8 Å². The van der Waals surface area contributed by atoms with Crippen molar-refractivity contribution in [2.24, 2.45) is 0 Å². The fraction of sp³-hybridized carbons (Fsp3) is 0.120. The van der Waals surface area contributed by atoms with Gasteiger partial charge in [-0.2, -0.15) is 0 Å². The largest absolute Gasteiger partial charge is 0.321 e. The topological polar surface area (TPSA) is 80.1 Å². The molecule has 5 rings (SSSR count). The average molecular weight is 423 g/mol. The minimum Gasteiger partial charge on any atom is -0.321 e. The molecule has 0 saturated heterocycles. The first kappa shape index (κ1) is 19.7. The fourth-order valence-electron chi connectivity index (χ4n) is 3.85. The summed E-state index contributed by atoms with van der Waals surface area (Å²) >= 11 is 0. The molecule has 0 spiro atoms. The summed E-state index contributed by atoms with van der Waals surface area (Å²) in [4.78, 5) is 27.3. The Morgan fingerprint density at radius 3 is 2.47 bits per heavy atom. The number of benzene rings is 3. The summed E-state index contributed by atoms with van der Waals surface area (Å²) in [6, 6.07) is 24.7. The monoisotopic (exact) mass is 423 g/mol. The predicted octanol–water partition coefficient (Wildman–Crippen LogP) is 3.78. The lowest BCUT2D eigenvalue weighted by atomic mass is 10.1. The highest BCUT2D eigenvalue weighted by atomic mass is 16.2. The maximum atomic E-state index is 12.9. The van der Waals surface area contributed by atoms with Crippen LogP contribution in [0.1, 0.15) is 32.0 Å². The van der Waals surface area contributed by atoms with E-state index in [9.17, 15) is 9.59 Å². The standard InChI is InChI=1S/C25H21N5O2/c31-24(22-17-29(28-27-22)16-18-6-2-1-3-7-18)26-21-12-10-20(11-13-21)25(32)30-15-14-19-8-4-5-9-23(19)30/h1-13,17H,14-16H2,(H,26,31). The molecule has 0 aliphatic carbocycles. The first-order valence-corrected chi connectivity index (χ1v) is 10.4. The van der Waals surface area contributed by atoms with E-state index < -0.39 is 0 Å². The molecule has 2 amide bonds. The Labute approximate surface area is 185 Å². The number of hydrogen-bond donors (Lipinski definition) is 1. The van der Waals surface area contributed by atoms with Crippen LogP contribution in [0.15, 0.2) is 85.1 Å². The highest BCUT2D eigenvalue weighted by molar-refractivity contribution is 6.08. The molecule has 0 unspecified atom stereocenters. The van der Waals surface area contributed by atoms with E-state index in [1.807, 2.05) is 48.5 Å². The van der Waals surface area contributed by atoms with Gasteiger partial charge in [-0.15, -0.1) is 5.10 Å².